The van der Waals surface area contributed by atoms with Crippen LogP contribution in [-0.4, -0.2) is 61.6 Å². The molecule has 10 heteroatoms. The molecule has 0 aliphatic heterocycles. The molecule has 10 nitrogen and oxygen atoms in total. The molecule has 1 atom stereocenters. The highest BCUT2D eigenvalue weighted by Crippen LogP contribution is 2.53. The SMILES string of the molecule is O=C=NCCCCCCCC(N=C=O)C(CN=C=O)(C1CCC(N=C=O)CC1)C1CCC(N=C=O)CC1. The Bertz CT molecular complexity index is 900. The number of nitrogens with zero attached hydrogens (tertiary/aromatic N) is 5. The largest absolute Gasteiger partial charge is 0.235 e. The molecule has 1 unspecified atom stereocenters. The standard InChI is InChI=1S/C27H37N5O5/c33-17-28-15-5-3-1-2-4-6-26(32-21-37)27(16-29-18-34,22-7-11-24(12-8-22)30-19-35)23-9-13-25(14-10-23)31-20-36/h22-26H,1-16H2. The maximum atomic E-state index is 11.7. The minimum atomic E-state index is -0.529. The highest BCUT2D eigenvalue weighted by molar-refractivity contribution is 5.36. The summed E-state index contributed by atoms with van der Waals surface area (Å²) in [7, 11) is 0. The zero-order valence-electron chi connectivity index (χ0n) is 21.5. The van der Waals surface area contributed by atoms with Gasteiger partial charge in [0, 0.05) is 5.41 Å². The molecule has 2 aliphatic carbocycles. The summed E-state index contributed by atoms with van der Waals surface area (Å²) in [6.07, 6.45) is 19.8. The molecule has 2 fully saturated rings. The molecule has 200 valence electrons. The van der Waals surface area contributed by atoms with Crippen LogP contribution in [0.3, 0.4) is 0 Å². The first-order chi connectivity index (χ1) is 18.2. The third kappa shape index (κ3) is 9.05. The average molecular weight is 512 g/mol. The molecule has 0 aromatic heterocycles. The van der Waals surface area contributed by atoms with Gasteiger partial charge in [-0.15, -0.1) is 0 Å². The molecule has 0 heterocycles. The van der Waals surface area contributed by atoms with E-state index >= 15 is 0 Å². The van der Waals surface area contributed by atoms with E-state index in [2.05, 4.69) is 25.0 Å². The van der Waals surface area contributed by atoms with E-state index in [0.29, 0.717) is 13.0 Å². The minimum absolute atomic E-state index is 0.0599. The number of unbranched alkanes of at least 4 members (excludes halogenated alkanes) is 4. The van der Waals surface area contributed by atoms with Gasteiger partial charge in [0.1, 0.15) is 0 Å². The highest BCUT2D eigenvalue weighted by atomic mass is 16.1. The lowest BCUT2D eigenvalue weighted by atomic mass is 9.54. The van der Waals surface area contributed by atoms with Gasteiger partial charge in [0.25, 0.3) is 0 Å². The first-order valence-electron chi connectivity index (χ1n) is 13.4. The van der Waals surface area contributed by atoms with Crippen molar-refractivity contribution in [2.45, 2.75) is 108 Å². The van der Waals surface area contributed by atoms with E-state index in [1.165, 1.54) is 0 Å². The van der Waals surface area contributed by atoms with Crippen LogP contribution in [0.2, 0.25) is 0 Å². The predicted molar refractivity (Wildman–Crippen MR) is 136 cm³/mol. The number of hydrogen-bond acceptors (Lipinski definition) is 10. The van der Waals surface area contributed by atoms with Gasteiger partial charge in [0.2, 0.25) is 30.4 Å². The van der Waals surface area contributed by atoms with E-state index in [0.717, 1.165) is 83.5 Å². The average Bonchev–Trinajstić information content (AvgIpc) is 2.92. The van der Waals surface area contributed by atoms with E-state index in [9.17, 15) is 24.0 Å². The van der Waals surface area contributed by atoms with Crippen molar-refractivity contribution in [2.75, 3.05) is 13.1 Å². The molecule has 0 radical (unpaired) electrons. The van der Waals surface area contributed by atoms with E-state index in [1.807, 2.05) is 6.08 Å². The summed E-state index contributed by atoms with van der Waals surface area (Å²) in [4.78, 5) is 74.6. The van der Waals surface area contributed by atoms with Crippen molar-refractivity contribution in [3.63, 3.8) is 0 Å². The number of rotatable bonds is 16. The molecular formula is C27H37N5O5. The molecule has 0 spiro atoms. The molecule has 0 amide bonds. The van der Waals surface area contributed by atoms with Crippen molar-refractivity contribution < 1.29 is 24.0 Å². The van der Waals surface area contributed by atoms with E-state index < -0.39 is 5.41 Å². The highest BCUT2D eigenvalue weighted by Gasteiger charge is 2.52. The summed E-state index contributed by atoms with van der Waals surface area (Å²) in [5.41, 5.74) is -0.529. The fraction of sp³-hybridized carbons (Fsp3) is 0.815. The van der Waals surface area contributed by atoms with Crippen LogP contribution >= 0.6 is 0 Å². The summed E-state index contributed by atoms with van der Waals surface area (Å²) in [6, 6.07) is -0.473. The van der Waals surface area contributed by atoms with Crippen LogP contribution in [0.4, 0.5) is 0 Å². The van der Waals surface area contributed by atoms with Gasteiger partial charge in [0.05, 0.1) is 31.2 Å². The first-order valence-corrected chi connectivity index (χ1v) is 13.4. The van der Waals surface area contributed by atoms with E-state index in [1.54, 1.807) is 24.3 Å². The second-order valence-electron chi connectivity index (χ2n) is 10.2. The zero-order valence-corrected chi connectivity index (χ0v) is 21.5. The van der Waals surface area contributed by atoms with Crippen LogP contribution in [-0.2, 0) is 24.0 Å². The lowest BCUT2D eigenvalue weighted by Crippen LogP contribution is -2.51. The third-order valence-electron chi connectivity index (χ3n) is 8.44. The van der Waals surface area contributed by atoms with Gasteiger partial charge in [-0.3, -0.25) is 0 Å². The second-order valence-corrected chi connectivity index (χ2v) is 10.2. The normalized spacial score (nSPS) is 25.4. The Labute approximate surface area is 218 Å². The number of carbonyl (C=O) groups excluding carboxylic acids is 5. The van der Waals surface area contributed by atoms with Crippen LogP contribution in [0.5, 0.6) is 0 Å². The minimum Gasteiger partial charge on any atom is -0.211 e. The van der Waals surface area contributed by atoms with E-state index in [4.69, 9.17) is 0 Å². The van der Waals surface area contributed by atoms with E-state index in [-0.39, 0.29) is 36.5 Å². The Morgan fingerprint density at radius 2 is 1.11 bits per heavy atom. The summed E-state index contributed by atoms with van der Waals surface area (Å²) >= 11 is 0. The summed E-state index contributed by atoms with van der Waals surface area (Å²) in [5.74, 6) is 0.282. The van der Waals surface area contributed by atoms with Gasteiger partial charge in [0.15, 0.2) is 0 Å². The molecule has 0 bridgehead atoms. The Hall–Kier alpha value is -3.10. The molecular weight excluding hydrogens is 474 g/mol. The Morgan fingerprint density at radius 1 is 0.595 bits per heavy atom. The molecule has 37 heavy (non-hydrogen) atoms. The van der Waals surface area contributed by atoms with Crippen molar-refractivity contribution in [2.24, 2.45) is 42.2 Å². The topological polar surface area (TPSA) is 147 Å². The van der Waals surface area contributed by atoms with Crippen LogP contribution in [0, 0.1) is 17.3 Å². The van der Waals surface area contributed by atoms with Crippen molar-refractivity contribution in [1.29, 1.82) is 0 Å². The van der Waals surface area contributed by atoms with Crippen molar-refractivity contribution in [3.8, 4) is 0 Å². The van der Waals surface area contributed by atoms with Gasteiger partial charge in [-0.05, 0) is 76.0 Å². The zero-order chi connectivity index (χ0) is 26.8. The Balaban J connectivity index is 2.29. The van der Waals surface area contributed by atoms with Crippen molar-refractivity contribution in [1.82, 2.24) is 0 Å². The van der Waals surface area contributed by atoms with Crippen LogP contribution in [0.25, 0.3) is 0 Å². The smallest absolute Gasteiger partial charge is 0.211 e. The van der Waals surface area contributed by atoms with Gasteiger partial charge in [-0.2, -0.15) is 0 Å². The summed E-state index contributed by atoms with van der Waals surface area (Å²) in [6.45, 7) is 0.719. The van der Waals surface area contributed by atoms with Crippen LogP contribution in [0.15, 0.2) is 25.0 Å². The maximum Gasteiger partial charge on any atom is 0.235 e. The van der Waals surface area contributed by atoms with Gasteiger partial charge in [-0.1, -0.05) is 25.7 Å². The molecule has 2 aliphatic rings. The lowest BCUT2D eigenvalue weighted by molar-refractivity contribution is -0.000729. The monoisotopic (exact) mass is 511 g/mol. The number of aliphatic imine (C=N–C) groups is 5. The first kappa shape index (κ1) is 30.1. The van der Waals surface area contributed by atoms with Gasteiger partial charge < -0.3 is 0 Å². The van der Waals surface area contributed by atoms with Crippen molar-refractivity contribution in [3.05, 3.63) is 0 Å². The second kappa shape index (κ2) is 17.4. The third-order valence-corrected chi connectivity index (χ3v) is 8.44. The quantitative estimate of drug-likeness (QED) is 0.170. The van der Waals surface area contributed by atoms with Crippen molar-refractivity contribution >= 4 is 30.4 Å². The molecule has 0 N–H and O–H groups in total. The molecule has 0 aromatic carbocycles. The van der Waals surface area contributed by atoms with Gasteiger partial charge >= 0.3 is 0 Å². The lowest BCUT2D eigenvalue weighted by Gasteiger charge is -2.52. The molecule has 0 saturated heterocycles. The fourth-order valence-electron chi connectivity index (χ4n) is 6.67. The number of isocyanates is 5. The Kier molecular flexibility index (Phi) is 14.1. The fourth-order valence-corrected chi connectivity index (χ4v) is 6.67. The Morgan fingerprint density at radius 3 is 1.59 bits per heavy atom. The maximum absolute atomic E-state index is 11.7. The molecule has 0 aromatic rings. The van der Waals surface area contributed by atoms with Crippen LogP contribution in [0.1, 0.15) is 89.9 Å². The molecule has 2 rings (SSSR count). The molecule has 2 saturated carbocycles. The van der Waals surface area contributed by atoms with Crippen LogP contribution < -0.4 is 0 Å². The summed E-state index contributed by atoms with van der Waals surface area (Å²) < 4.78 is 0. The number of hydrogen-bond donors (Lipinski definition) is 0. The predicted octanol–water partition coefficient (Wildman–Crippen LogP) is 4.48. The van der Waals surface area contributed by atoms with Gasteiger partial charge in [-0.25, -0.2) is 48.9 Å². The summed E-state index contributed by atoms with van der Waals surface area (Å²) in [5, 5.41) is 0.